The molecular formula is C19H26N4O2. The first-order valence-corrected chi connectivity index (χ1v) is 8.54. The Morgan fingerprint density at radius 2 is 2.04 bits per heavy atom. The van der Waals surface area contributed by atoms with Gasteiger partial charge in [-0.2, -0.15) is 0 Å². The fourth-order valence-electron chi connectivity index (χ4n) is 2.57. The minimum Gasteiger partial charge on any atom is -0.361 e. The SMILES string of the molecule is C=C(C)C(=O)NCCCCNN[C@H](C=O)Cc1c[nH]c2ccccc12. The lowest BCUT2D eigenvalue weighted by Crippen LogP contribution is -2.43. The summed E-state index contributed by atoms with van der Waals surface area (Å²) in [5.41, 5.74) is 8.85. The van der Waals surface area contributed by atoms with E-state index in [9.17, 15) is 9.59 Å². The van der Waals surface area contributed by atoms with E-state index in [-0.39, 0.29) is 11.9 Å². The van der Waals surface area contributed by atoms with Gasteiger partial charge in [0.1, 0.15) is 6.29 Å². The molecule has 2 aromatic rings. The Hall–Kier alpha value is -2.44. The summed E-state index contributed by atoms with van der Waals surface area (Å²) < 4.78 is 0. The molecule has 25 heavy (non-hydrogen) atoms. The highest BCUT2D eigenvalue weighted by molar-refractivity contribution is 5.92. The summed E-state index contributed by atoms with van der Waals surface area (Å²) in [4.78, 5) is 25.8. The van der Waals surface area contributed by atoms with Gasteiger partial charge < -0.3 is 15.1 Å². The summed E-state index contributed by atoms with van der Waals surface area (Å²) in [6, 6.07) is 7.76. The number of hydrogen-bond donors (Lipinski definition) is 4. The summed E-state index contributed by atoms with van der Waals surface area (Å²) in [7, 11) is 0. The Kier molecular flexibility index (Phi) is 7.37. The molecule has 0 spiro atoms. The summed E-state index contributed by atoms with van der Waals surface area (Å²) >= 11 is 0. The van der Waals surface area contributed by atoms with Crippen LogP contribution in [-0.4, -0.2) is 36.3 Å². The number of unbranched alkanes of at least 4 members (excludes halogenated alkanes) is 1. The zero-order valence-electron chi connectivity index (χ0n) is 14.6. The van der Waals surface area contributed by atoms with Crippen molar-refractivity contribution in [2.24, 2.45) is 0 Å². The lowest BCUT2D eigenvalue weighted by Gasteiger charge is -2.13. The summed E-state index contributed by atoms with van der Waals surface area (Å²) in [6.07, 6.45) is 5.24. The van der Waals surface area contributed by atoms with E-state index in [4.69, 9.17) is 0 Å². The molecule has 2 rings (SSSR count). The van der Waals surface area contributed by atoms with Gasteiger partial charge in [0.25, 0.3) is 0 Å². The third-order valence-corrected chi connectivity index (χ3v) is 3.97. The van der Waals surface area contributed by atoms with Gasteiger partial charge in [0.2, 0.25) is 5.91 Å². The third-order valence-electron chi connectivity index (χ3n) is 3.97. The Bertz CT molecular complexity index is 723. The maximum atomic E-state index is 11.3. The van der Waals surface area contributed by atoms with Crippen LogP contribution in [0, 0.1) is 0 Å². The number of H-pyrrole nitrogens is 1. The van der Waals surface area contributed by atoms with Crippen molar-refractivity contribution >= 4 is 23.1 Å². The first kappa shape index (κ1) is 18.9. The van der Waals surface area contributed by atoms with Crippen molar-refractivity contribution in [1.29, 1.82) is 0 Å². The third kappa shape index (κ3) is 5.85. The lowest BCUT2D eigenvalue weighted by atomic mass is 10.1. The molecule has 0 saturated carbocycles. The molecule has 0 aliphatic carbocycles. The maximum Gasteiger partial charge on any atom is 0.246 e. The van der Waals surface area contributed by atoms with E-state index >= 15 is 0 Å². The van der Waals surface area contributed by atoms with Crippen LogP contribution in [0.25, 0.3) is 10.9 Å². The van der Waals surface area contributed by atoms with Crippen molar-refractivity contribution in [3.63, 3.8) is 0 Å². The van der Waals surface area contributed by atoms with E-state index in [2.05, 4.69) is 33.8 Å². The second-order valence-electron chi connectivity index (χ2n) is 6.12. The Morgan fingerprint density at radius 3 is 2.80 bits per heavy atom. The average molecular weight is 342 g/mol. The fraction of sp³-hybridized carbons (Fsp3) is 0.368. The highest BCUT2D eigenvalue weighted by atomic mass is 16.1. The standard InChI is InChI=1S/C19H26N4O2/c1-14(2)19(25)20-9-5-6-10-22-23-16(13-24)11-15-12-21-18-8-4-3-7-17(15)18/h3-4,7-8,12-13,16,21-23H,1,5-6,9-11H2,2H3,(H,20,25)/t16-/m0/s1. The van der Waals surface area contributed by atoms with E-state index in [1.807, 2.05) is 24.4 Å². The van der Waals surface area contributed by atoms with Crippen LogP contribution >= 0.6 is 0 Å². The molecular weight excluding hydrogens is 316 g/mol. The summed E-state index contributed by atoms with van der Waals surface area (Å²) in [5.74, 6) is -0.106. The van der Waals surface area contributed by atoms with Crippen LogP contribution in [0.3, 0.4) is 0 Å². The number of aromatic amines is 1. The second-order valence-corrected chi connectivity index (χ2v) is 6.12. The molecule has 1 atom stereocenters. The van der Waals surface area contributed by atoms with Gasteiger partial charge in [-0.1, -0.05) is 24.8 Å². The van der Waals surface area contributed by atoms with Crippen LogP contribution in [0.2, 0.25) is 0 Å². The Morgan fingerprint density at radius 1 is 1.28 bits per heavy atom. The number of nitrogens with one attached hydrogen (secondary N) is 4. The van der Waals surface area contributed by atoms with E-state index < -0.39 is 0 Å². The number of amides is 1. The van der Waals surface area contributed by atoms with Gasteiger partial charge in [-0.05, 0) is 37.8 Å². The minimum atomic E-state index is -0.290. The van der Waals surface area contributed by atoms with Crippen molar-refractivity contribution < 1.29 is 9.59 Å². The number of hydrogen-bond acceptors (Lipinski definition) is 4. The topological polar surface area (TPSA) is 86.0 Å². The van der Waals surface area contributed by atoms with Gasteiger partial charge in [0.05, 0.1) is 6.04 Å². The first-order valence-electron chi connectivity index (χ1n) is 8.54. The molecule has 0 radical (unpaired) electrons. The maximum absolute atomic E-state index is 11.3. The van der Waals surface area contributed by atoms with Gasteiger partial charge in [-0.25, -0.2) is 5.43 Å². The highest BCUT2D eigenvalue weighted by Gasteiger charge is 2.11. The molecule has 6 nitrogen and oxygen atoms in total. The van der Waals surface area contributed by atoms with Gasteiger partial charge in [0, 0.05) is 35.8 Å². The van der Waals surface area contributed by atoms with Crippen LogP contribution in [-0.2, 0) is 16.0 Å². The molecule has 1 heterocycles. The molecule has 6 heteroatoms. The molecule has 1 aromatic carbocycles. The molecule has 0 unspecified atom stereocenters. The minimum absolute atomic E-state index is 0.106. The molecule has 0 fully saturated rings. The van der Waals surface area contributed by atoms with Crippen molar-refractivity contribution in [3.8, 4) is 0 Å². The fourth-order valence-corrected chi connectivity index (χ4v) is 2.57. The van der Waals surface area contributed by atoms with Crippen molar-refractivity contribution in [3.05, 3.63) is 48.2 Å². The number of para-hydroxylation sites is 1. The Balaban J connectivity index is 1.66. The van der Waals surface area contributed by atoms with E-state index in [1.165, 1.54) is 0 Å². The molecule has 0 bridgehead atoms. The summed E-state index contributed by atoms with van der Waals surface area (Å²) in [6.45, 7) is 6.63. The second kappa shape index (κ2) is 9.76. The summed E-state index contributed by atoms with van der Waals surface area (Å²) in [5, 5.41) is 3.94. The normalized spacial score (nSPS) is 12.0. The van der Waals surface area contributed by atoms with Crippen LogP contribution in [0.1, 0.15) is 25.3 Å². The molecule has 1 aromatic heterocycles. The number of fused-ring (bicyclic) bond motifs is 1. The zero-order valence-corrected chi connectivity index (χ0v) is 14.6. The largest absolute Gasteiger partial charge is 0.361 e. The number of rotatable bonds is 11. The van der Waals surface area contributed by atoms with Gasteiger partial charge in [-0.15, -0.1) is 0 Å². The number of carbonyl (C=O) groups excluding carboxylic acids is 2. The van der Waals surface area contributed by atoms with Crippen molar-refractivity contribution in [2.75, 3.05) is 13.1 Å². The van der Waals surface area contributed by atoms with E-state index in [0.29, 0.717) is 18.5 Å². The van der Waals surface area contributed by atoms with Crippen LogP contribution in [0.15, 0.2) is 42.6 Å². The number of benzene rings is 1. The predicted octanol–water partition coefficient (Wildman–Crippen LogP) is 1.84. The molecule has 1 amide bonds. The van der Waals surface area contributed by atoms with Crippen LogP contribution in [0.4, 0.5) is 0 Å². The zero-order chi connectivity index (χ0) is 18.1. The van der Waals surface area contributed by atoms with Crippen LogP contribution in [0.5, 0.6) is 0 Å². The highest BCUT2D eigenvalue weighted by Crippen LogP contribution is 2.18. The van der Waals surface area contributed by atoms with Gasteiger partial charge in [0.15, 0.2) is 0 Å². The monoisotopic (exact) mass is 342 g/mol. The molecule has 0 aliphatic heterocycles. The molecule has 4 N–H and O–H groups in total. The number of carbonyl (C=O) groups is 2. The molecule has 134 valence electrons. The van der Waals surface area contributed by atoms with Crippen LogP contribution < -0.4 is 16.2 Å². The lowest BCUT2D eigenvalue weighted by molar-refractivity contribution is -0.117. The Labute approximate surface area is 148 Å². The smallest absolute Gasteiger partial charge is 0.246 e. The number of aromatic nitrogens is 1. The van der Waals surface area contributed by atoms with E-state index in [1.54, 1.807) is 6.92 Å². The quantitative estimate of drug-likeness (QED) is 0.217. The van der Waals surface area contributed by atoms with Crippen molar-refractivity contribution in [1.82, 2.24) is 21.2 Å². The van der Waals surface area contributed by atoms with Gasteiger partial charge >= 0.3 is 0 Å². The predicted molar refractivity (Wildman–Crippen MR) is 100 cm³/mol. The number of aldehydes is 1. The molecule has 0 aliphatic rings. The first-order chi connectivity index (χ1) is 12.1. The van der Waals surface area contributed by atoms with Gasteiger partial charge in [-0.3, -0.25) is 10.2 Å². The van der Waals surface area contributed by atoms with E-state index in [0.717, 1.165) is 42.1 Å². The average Bonchev–Trinajstić information content (AvgIpc) is 3.02. The van der Waals surface area contributed by atoms with Crippen molar-refractivity contribution in [2.45, 2.75) is 32.2 Å². The molecule has 0 saturated heterocycles. The number of hydrazine groups is 1.